The minimum atomic E-state index is -0.821. The van der Waals surface area contributed by atoms with Crippen LogP contribution in [0, 0.1) is 0 Å². The number of unbranched alkanes of at least 4 members (excludes halogenated alkanes) is 21. The van der Waals surface area contributed by atoms with Crippen LogP contribution in [0.2, 0.25) is 0 Å². The SMILES string of the molecule is CC\C=C/C=C\C=C/C=C\C=C/CCCC(=O)OC(COC(=O)CCCCC/C=C\C=C/CCCC)COC(=O)CCCCCCCCCCCCCCCCCC. The third kappa shape index (κ3) is 43.7. The van der Waals surface area contributed by atoms with Crippen molar-refractivity contribution in [2.45, 2.75) is 213 Å². The molecular formula is C52H86O6. The van der Waals surface area contributed by atoms with E-state index in [1.54, 1.807) is 0 Å². The van der Waals surface area contributed by atoms with Gasteiger partial charge in [-0.2, -0.15) is 0 Å². The summed E-state index contributed by atoms with van der Waals surface area (Å²) in [6, 6.07) is 0. The number of allylic oxidation sites excluding steroid dienone is 14. The summed E-state index contributed by atoms with van der Waals surface area (Å²) in [5, 5.41) is 0. The first-order chi connectivity index (χ1) is 28.5. The molecule has 0 aliphatic heterocycles. The molecule has 0 aromatic carbocycles. The predicted octanol–water partition coefficient (Wildman–Crippen LogP) is 15.3. The third-order valence-electron chi connectivity index (χ3n) is 9.79. The Hall–Kier alpha value is -3.41. The number of hydrogen-bond donors (Lipinski definition) is 0. The van der Waals surface area contributed by atoms with Gasteiger partial charge in [0.2, 0.25) is 0 Å². The minimum Gasteiger partial charge on any atom is -0.462 e. The van der Waals surface area contributed by atoms with Gasteiger partial charge < -0.3 is 14.2 Å². The van der Waals surface area contributed by atoms with Crippen LogP contribution >= 0.6 is 0 Å². The van der Waals surface area contributed by atoms with Crippen molar-refractivity contribution in [3.8, 4) is 0 Å². The molecule has 0 aliphatic carbocycles. The first kappa shape index (κ1) is 54.6. The molecule has 0 aliphatic rings. The molecule has 0 radical (unpaired) electrons. The number of carbonyl (C=O) groups is 3. The highest BCUT2D eigenvalue weighted by Gasteiger charge is 2.19. The Morgan fingerprint density at radius 2 is 0.707 bits per heavy atom. The van der Waals surface area contributed by atoms with Crippen LogP contribution in [-0.4, -0.2) is 37.2 Å². The zero-order valence-electron chi connectivity index (χ0n) is 37.5. The van der Waals surface area contributed by atoms with Crippen LogP contribution in [0.15, 0.2) is 85.1 Å². The fourth-order valence-electron chi connectivity index (χ4n) is 6.21. The van der Waals surface area contributed by atoms with Crippen molar-refractivity contribution in [3.05, 3.63) is 85.1 Å². The molecule has 330 valence electrons. The second-order valence-corrected chi connectivity index (χ2v) is 15.4. The van der Waals surface area contributed by atoms with E-state index in [-0.39, 0.29) is 37.5 Å². The molecule has 0 amide bonds. The van der Waals surface area contributed by atoms with Gasteiger partial charge in [0.15, 0.2) is 6.10 Å². The average Bonchev–Trinajstić information content (AvgIpc) is 3.22. The van der Waals surface area contributed by atoms with Gasteiger partial charge in [-0.05, 0) is 51.4 Å². The van der Waals surface area contributed by atoms with Gasteiger partial charge in [0.25, 0.3) is 0 Å². The summed E-state index contributed by atoms with van der Waals surface area (Å²) < 4.78 is 16.6. The Morgan fingerprint density at radius 3 is 1.17 bits per heavy atom. The maximum atomic E-state index is 12.7. The van der Waals surface area contributed by atoms with Crippen LogP contribution in [0.3, 0.4) is 0 Å². The van der Waals surface area contributed by atoms with Crippen molar-refractivity contribution < 1.29 is 28.6 Å². The van der Waals surface area contributed by atoms with E-state index in [9.17, 15) is 14.4 Å². The molecule has 0 spiro atoms. The molecule has 6 nitrogen and oxygen atoms in total. The van der Waals surface area contributed by atoms with Gasteiger partial charge in [0.1, 0.15) is 13.2 Å². The zero-order valence-corrected chi connectivity index (χ0v) is 37.5. The zero-order chi connectivity index (χ0) is 42.3. The molecule has 0 N–H and O–H groups in total. The molecule has 1 unspecified atom stereocenters. The van der Waals surface area contributed by atoms with Crippen molar-refractivity contribution in [2.24, 2.45) is 0 Å². The lowest BCUT2D eigenvalue weighted by Crippen LogP contribution is -2.30. The van der Waals surface area contributed by atoms with Crippen LogP contribution in [0.4, 0.5) is 0 Å². The van der Waals surface area contributed by atoms with Crippen molar-refractivity contribution >= 4 is 17.9 Å². The van der Waals surface area contributed by atoms with Crippen molar-refractivity contribution in [1.82, 2.24) is 0 Å². The Morgan fingerprint density at radius 1 is 0.362 bits per heavy atom. The maximum absolute atomic E-state index is 12.7. The fourth-order valence-corrected chi connectivity index (χ4v) is 6.21. The standard InChI is InChI=1S/C52H86O6/c1-4-7-10-13-16-19-22-24-25-26-28-30-33-36-39-42-45-51(54)57-48-49(47-56-50(53)44-41-38-35-32-29-21-18-15-12-9-6-3)58-52(55)46-43-40-37-34-31-27-23-20-17-14-11-8-5-2/h8,11,14-15,17-18,20-21,23,27,29,31,34,37,49H,4-7,9-10,12-13,16,19,22,24-26,28,30,32-33,35-36,38-48H2,1-3H3/b11-8-,17-14-,18-15-,23-20-,29-21-,31-27-,37-34-. The van der Waals surface area contributed by atoms with Crippen molar-refractivity contribution in [1.29, 1.82) is 0 Å². The Labute approximate surface area is 356 Å². The van der Waals surface area contributed by atoms with E-state index in [1.807, 2.05) is 54.7 Å². The van der Waals surface area contributed by atoms with Gasteiger partial charge in [-0.15, -0.1) is 0 Å². The largest absolute Gasteiger partial charge is 0.462 e. The second kappa shape index (κ2) is 46.3. The van der Waals surface area contributed by atoms with Gasteiger partial charge >= 0.3 is 17.9 Å². The molecule has 0 heterocycles. The summed E-state index contributed by atoms with van der Waals surface area (Å²) in [6.07, 6.45) is 58.6. The molecule has 0 aromatic heterocycles. The Kier molecular flexibility index (Phi) is 43.6. The Bertz CT molecular complexity index is 1160. The summed E-state index contributed by atoms with van der Waals surface area (Å²) in [6.45, 7) is 6.34. The molecule has 6 heteroatoms. The van der Waals surface area contributed by atoms with E-state index >= 15 is 0 Å². The van der Waals surface area contributed by atoms with Crippen LogP contribution < -0.4 is 0 Å². The van der Waals surface area contributed by atoms with Gasteiger partial charge in [-0.1, -0.05) is 221 Å². The van der Waals surface area contributed by atoms with E-state index < -0.39 is 6.10 Å². The summed E-state index contributed by atoms with van der Waals surface area (Å²) in [5.41, 5.74) is 0. The average molecular weight is 807 g/mol. The predicted molar refractivity (Wildman–Crippen MR) is 247 cm³/mol. The van der Waals surface area contributed by atoms with E-state index in [0.29, 0.717) is 19.3 Å². The van der Waals surface area contributed by atoms with Crippen LogP contribution in [-0.2, 0) is 28.6 Å². The first-order valence-corrected chi connectivity index (χ1v) is 23.7. The quantitative estimate of drug-likeness (QED) is 0.0265. The number of esters is 3. The molecular weight excluding hydrogens is 721 g/mol. The summed E-state index contributed by atoms with van der Waals surface area (Å²) in [4.78, 5) is 37.7. The minimum absolute atomic E-state index is 0.113. The second-order valence-electron chi connectivity index (χ2n) is 15.4. The van der Waals surface area contributed by atoms with E-state index in [0.717, 1.165) is 64.2 Å². The van der Waals surface area contributed by atoms with Gasteiger partial charge in [-0.3, -0.25) is 14.4 Å². The van der Waals surface area contributed by atoms with Gasteiger partial charge in [0.05, 0.1) is 0 Å². The highest BCUT2D eigenvalue weighted by molar-refractivity contribution is 5.71. The Balaban J connectivity index is 4.48. The smallest absolute Gasteiger partial charge is 0.306 e. The summed E-state index contributed by atoms with van der Waals surface area (Å²) in [5.74, 6) is -1.02. The van der Waals surface area contributed by atoms with Crippen LogP contribution in [0.25, 0.3) is 0 Å². The van der Waals surface area contributed by atoms with E-state index in [4.69, 9.17) is 14.2 Å². The van der Waals surface area contributed by atoms with E-state index in [1.165, 1.54) is 96.3 Å². The number of ether oxygens (including phenoxy) is 3. The highest BCUT2D eigenvalue weighted by atomic mass is 16.6. The van der Waals surface area contributed by atoms with Crippen molar-refractivity contribution in [2.75, 3.05) is 13.2 Å². The van der Waals surface area contributed by atoms with Gasteiger partial charge in [0, 0.05) is 19.3 Å². The summed E-state index contributed by atoms with van der Waals surface area (Å²) >= 11 is 0. The lowest BCUT2D eigenvalue weighted by Gasteiger charge is -2.18. The first-order valence-electron chi connectivity index (χ1n) is 23.7. The monoisotopic (exact) mass is 807 g/mol. The van der Waals surface area contributed by atoms with Crippen LogP contribution in [0.1, 0.15) is 207 Å². The van der Waals surface area contributed by atoms with E-state index in [2.05, 4.69) is 51.2 Å². The molecule has 1 atom stereocenters. The molecule has 0 rings (SSSR count). The molecule has 0 aromatic rings. The lowest BCUT2D eigenvalue weighted by molar-refractivity contribution is -0.167. The lowest BCUT2D eigenvalue weighted by atomic mass is 10.0. The fraction of sp³-hybridized carbons (Fsp3) is 0.673. The maximum Gasteiger partial charge on any atom is 0.306 e. The molecule has 0 fully saturated rings. The molecule has 0 saturated heterocycles. The molecule has 0 bridgehead atoms. The van der Waals surface area contributed by atoms with Gasteiger partial charge in [-0.25, -0.2) is 0 Å². The number of carbonyl (C=O) groups excluding carboxylic acids is 3. The summed E-state index contributed by atoms with van der Waals surface area (Å²) in [7, 11) is 0. The van der Waals surface area contributed by atoms with Crippen molar-refractivity contribution in [3.63, 3.8) is 0 Å². The van der Waals surface area contributed by atoms with Crippen LogP contribution in [0.5, 0.6) is 0 Å². The third-order valence-corrected chi connectivity index (χ3v) is 9.79. The topological polar surface area (TPSA) is 78.9 Å². The number of rotatable bonds is 41. The highest BCUT2D eigenvalue weighted by Crippen LogP contribution is 2.15. The molecule has 58 heavy (non-hydrogen) atoms. The normalized spacial score (nSPS) is 12.8. The number of hydrogen-bond acceptors (Lipinski definition) is 6. The molecule has 0 saturated carbocycles.